The van der Waals surface area contributed by atoms with Crippen molar-refractivity contribution in [3.05, 3.63) is 17.2 Å². The fourth-order valence-corrected chi connectivity index (χ4v) is 1.79. The van der Waals surface area contributed by atoms with E-state index in [1.54, 1.807) is 7.11 Å². The lowest BCUT2D eigenvalue weighted by Crippen LogP contribution is -1.98. The average Bonchev–Trinajstić information content (AvgIpc) is 2.73. The predicted molar refractivity (Wildman–Crippen MR) is 54.1 cm³/mol. The van der Waals surface area contributed by atoms with Crippen LogP contribution in [0.4, 0.5) is 0 Å². The van der Waals surface area contributed by atoms with Crippen molar-refractivity contribution >= 4 is 6.29 Å². The number of aldehydes is 1. The van der Waals surface area contributed by atoms with E-state index in [2.05, 4.69) is 0 Å². The van der Waals surface area contributed by atoms with Crippen molar-refractivity contribution in [2.45, 2.75) is 6.42 Å². The third kappa shape index (κ3) is 1.42. The highest BCUT2D eigenvalue weighted by molar-refractivity contribution is 5.87. The molecule has 1 aromatic carbocycles. The topological polar surface area (TPSA) is 44.8 Å². The molecule has 1 aromatic rings. The van der Waals surface area contributed by atoms with Crippen LogP contribution < -0.4 is 14.2 Å². The van der Waals surface area contributed by atoms with Gasteiger partial charge in [0.25, 0.3) is 0 Å². The number of hydrogen-bond acceptors (Lipinski definition) is 4. The summed E-state index contributed by atoms with van der Waals surface area (Å²) in [6.45, 7) is 0.604. The highest BCUT2D eigenvalue weighted by Gasteiger charge is 2.23. The molecular weight excluding hydrogens is 196 g/mol. The van der Waals surface area contributed by atoms with Crippen LogP contribution in [0.1, 0.15) is 15.9 Å². The Balaban J connectivity index is 2.66. The first-order valence-corrected chi connectivity index (χ1v) is 4.67. The maximum Gasteiger partial charge on any atom is 0.175 e. The molecule has 0 aliphatic carbocycles. The minimum atomic E-state index is 0.435. The Morgan fingerprint density at radius 1 is 1.40 bits per heavy atom. The van der Waals surface area contributed by atoms with Gasteiger partial charge >= 0.3 is 0 Å². The molecule has 4 heteroatoms. The van der Waals surface area contributed by atoms with Gasteiger partial charge in [0.2, 0.25) is 0 Å². The number of carbonyl (C=O) groups excluding carboxylic acids is 1. The van der Waals surface area contributed by atoms with E-state index in [4.69, 9.17) is 14.2 Å². The van der Waals surface area contributed by atoms with Gasteiger partial charge in [-0.1, -0.05) is 0 Å². The van der Waals surface area contributed by atoms with Gasteiger partial charge in [0, 0.05) is 12.0 Å². The molecule has 0 amide bonds. The SMILES string of the molecule is COc1cc2c(c(C=O)c1OC)OCC2. The van der Waals surface area contributed by atoms with E-state index in [9.17, 15) is 4.79 Å². The van der Waals surface area contributed by atoms with Crippen molar-refractivity contribution in [3.8, 4) is 17.2 Å². The van der Waals surface area contributed by atoms with Crippen LogP contribution >= 0.6 is 0 Å². The standard InChI is InChI=1S/C11H12O4/c1-13-9-5-7-3-4-15-10(7)8(6-12)11(9)14-2/h5-6H,3-4H2,1-2H3. The zero-order valence-corrected chi connectivity index (χ0v) is 8.70. The molecule has 0 spiro atoms. The molecule has 1 aliphatic rings. The van der Waals surface area contributed by atoms with E-state index in [1.807, 2.05) is 6.07 Å². The van der Waals surface area contributed by atoms with E-state index < -0.39 is 0 Å². The quantitative estimate of drug-likeness (QED) is 0.705. The van der Waals surface area contributed by atoms with Crippen LogP contribution in [0.3, 0.4) is 0 Å². The van der Waals surface area contributed by atoms with Gasteiger partial charge < -0.3 is 14.2 Å². The van der Waals surface area contributed by atoms with Crippen LogP contribution in [0.15, 0.2) is 6.07 Å². The molecule has 80 valence electrons. The second-order valence-corrected chi connectivity index (χ2v) is 3.23. The molecule has 15 heavy (non-hydrogen) atoms. The number of ether oxygens (including phenoxy) is 3. The fourth-order valence-electron chi connectivity index (χ4n) is 1.79. The highest BCUT2D eigenvalue weighted by Crippen LogP contribution is 2.41. The lowest BCUT2D eigenvalue weighted by molar-refractivity contribution is 0.111. The third-order valence-corrected chi connectivity index (χ3v) is 2.47. The Bertz CT molecular complexity index is 398. The van der Waals surface area contributed by atoms with Crippen LogP contribution in [0, 0.1) is 0 Å². The summed E-state index contributed by atoms with van der Waals surface area (Å²) in [5.41, 5.74) is 1.43. The summed E-state index contributed by atoms with van der Waals surface area (Å²) >= 11 is 0. The Kier molecular flexibility index (Phi) is 2.49. The molecule has 0 N–H and O–H groups in total. The first-order valence-electron chi connectivity index (χ1n) is 4.67. The van der Waals surface area contributed by atoms with Gasteiger partial charge in [-0.3, -0.25) is 4.79 Å². The molecule has 1 aliphatic heterocycles. The van der Waals surface area contributed by atoms with Gasteiger partial charge in [-0.25, -0.2) is 0 Å². The summed E-state index contributed by atoms with van der Waals surface area (Å²) < 4.78 is 15.7. The van der Waals surface area contributed by atoms with E-state index in [0.717, 1.165) is 18.3 Å². The number of methoxy groups -OCH3 is 2. The van der Waals surface area contributed by atoms with Crippen molar-refractivity contribution in [2.24, 2.45) is 0 Å². The number of benzene rings is 1. The summed E-state index contributed by atoms with van der Waals surface area (Å²) in [4.78, 5) is 11.0. The second-order valence-electron chi connectivity index (χ2n) is 3.23. The maximum absolute atomic E-state index is 11.0. The molecule has 0 unspecified atom stereocenters. The number of carbonyl (C=O) groups is 1. The molecule has 2 rings (SSSR count). The summed E-state index contributed by atoms with van der Waals surface area (Å²) in [5.74, 6) is 1.64. The van der Waals surface area contributed by atoms with Crippen molar-refractivity contribution in [1.82, 2.24) is 0 Å². The third-order valence-electron chi connectivity index (χ3n) is 2.47. The number of rotatable bonds is 3. The minimum Gasteiger partial charge on any atom is -0.493 e. The summed E-state index contributed by atoms with van der Waals surface area (Å²) in [7, 11) is 3.06. The lowest BCUT2D eigenvalue weighted by Gasteiger charge is -2.12. The highest BCUT2D eigenvalue weighted by atomic mass is 16.5. The number of fused-ring (bicyclic) bond motifs is 1. The van der Waals surface area contributed by atoms with Gasteiger partial charge in [0.05, 0.1) is 20.8 Å². The summed E-state index contributed by atoms with van der Waals surface area (Å²) in [6.07, 6.45) is 1.54. The summed E-state index contributed by atoms with van der Waals surface area (Å²) in [6, 6.07) is 1.86. The van der Waals surface area contributed by atoms with Crippen LogP contribution in [0.25, 0.3) is 0 Å². The Morgan fingerprint density at radius 3 is 2.80 bits per heavy atom. The largest absolute Gasteiger partial charge is 0.493 e. The molecule has 0 fully saturated rings. The first kappa shape index (κ1) is 9.83. The maximum atomic E-state index is 11.0. The zero-order valence-electron chi connectivity index (χ0n) is 8.70. The van der Waals surface area contributed by atoms with Crippen LogP contribution in [0.5, 0.6) is 17.2 Å². The Morgan fingerprint density at radius 2 is 2.20 bits per heavy atom. The van der Waals surface area contributed by atoms with Crippen LogP contribution in [0.2, 0.25) is 0 Å². The molecule has 0 bridgehead atoms. The fraction of sp³-hybridized carbons (Fsp3) is 0.364. The average molecular weight is 208 g/mol. The van der Waals surface area contributed by atoms with Gasteiger partial charge in [0.15, 0.2) is 17.8 Å². The minimum absolute atomic E-state index is 0.435. The Labute approximate surface area is 87.8 Å². The van der Waals surface area contributed by atoms with Gasteiger partial charge in [-0.15, -0.1) is 0 Å². The molecular formula is C11H12O4. The van der Waals surface area contributed by atoms with Gasteiger partial charge in [0.1, 0.15) is 11.3 Å². The van der Waals surface area contributed by atoms with Crippen LogP contribution in [-0.4, -0.2) is 27.1 Å². The van der Waals surface area contributed by atoms with Crippen molar-refractivity contribution in [3.63, 3.8) is 0 Å². The van der Waals surface area contributed by atoms with Gasteiger partial charge in [-0.2, -0.15) is 0 Å². The molecule has 0 atom stereocenters. The van der Waals surface area contributed by atoms with E-state index in [-0.39, 0.29) is 0 Å². The summed E-state index contributed by atoms with van der Waals surface area (Å²) in [5, 5.41) is 0. The van der Waals surface area contributed by atoms with Crippen molar-refractivity contribution < 1.29 is 19.0 Å². The predicted octanol–water partition coefficient (Wildman–Crippen LogP) is 1.45. The van der Waals surface area contributed by atoms with Crippen molar-refractivity contribution in [1.29, 1.82) is 0 Å². The normalized spacial score (nSPS) is 12.9. The molecule has 0 aromatic heterocycles. The molecule has 0 saturated heterocycles. The Hall–Kier alpha value is -1.71. The smallest absolute Gasteiger partial charge is 0.175 e. The first-order chi connectivity index (χ1) is 7.31. The molecule has 4 nitrogen and oxygen atoms in total. The van der Waals surface area contributed by atoms with Gasteiger partial charge in [-0.05, 0) is 6.07 Å². The molecule has 0 saturated carbocycles. The molecule has 1 heterocycles. The van der Waals surface area contributed by atoms with E-state index >= 15 is 0 Å². The van der Waals surface area contributed by atoms with Crippen LogP contribution in [-0.2, 0) is 6.42 Å². The van der Waals surface area contributed by atoms with E-state index in [0.29, 0.717) is 29.4 Å². The second kappa shape index (κ2) is 3.81. The monoisotopic (exact) mass is 208 g/mol. The van der Waals surface area contributed by atoms with E-state index in [1.165, 1.54) is 7.11 Å². The molecule has 0 radical (unpaired) electrons. The lowest BCUT2D eigenvalue weighted by atomic mass is 10.1. The zero-order chi connectivity index (χ0) is 10.8. The van der Waals surface area contributed by atoms with Crippen molar-refractivity contribution in [2.75, 3.05) is 20.8 Å². The number of hydrogen-bond donors (Lipinski definition) is 0.